The Balaban J connectivity index is 1.94. The lowest BCUT2D eigenvalue weighted by Gasteiger charge is -2.25. The third-order valence-corrected chi connectivity index (χ3v) is 5.43. The van der Waals surface area contributed by atoms with Crippen molar-refractivity contribution in [3.05, 3.63) is 83.6 Å². The van der Waals surface area contributed by atoms with Crippen molar-refractivity contribution in [3.8, 4) is 17.2 Å². The second-order valence-corrected chi connectivity index (χ2v) is 7.20. The first-order chi connectivity index (χ1) is 16.0. The molecule has 1 amide bonds. The molecule has 2 aromatic carbocycles. The van der Waals surface area contributed by atoms with Gasteiger partial charge >= 0.3 is 5.91 Å². The number of ether oxygens (including phenoxy) is 3. The van der Waals surface area contributed by atoms with E-state index in [0.717, 1.165) is 0 Å². The Hall–Kier alpha value is -4.33. The molecule has 0 saturated carbocycles. The molecule has 168 valence electrons. The number of hydrogen-bond donors (Lipinski definition) is 1. The number of Topliss-reactive ketones (excluding diaryl/α,β-unsaturated/α-hetero) is 1. The Kier molecular flexibility index (Phi) is 5.99. The van der Waals surface area contributed by atoms with Crippen molar-refractivity contribution in [3.63, 3.8) is 0 Å². The molecule has 33 heavy (non-hydrogen) atoms. The van der Waals surface area contributed by atoms with Crippen LogP contribution in [0.4, 0.5) is 5.82 Å². The number of anilines is 1. The maximum Gasteiger partial charge on any atom is 0.301 e. The number of hydrogen-bond acceptors (Lipinski definition) is 7. The van der Waals surface area contributed by atoms with Gasteiger partial charge in [0.05, 0.1) is 32.9 Å². The molecule has 2 heterocycles. The lowest BCUT2D eigenvalue weighted by molar-refractivity contribution is -0.132. The largest absolute Gasteiger partial charge is 0.507 e. The molecule has 0 bridgehead atoms. The highest BCUT2D eigenvalue weighted by Gasteiger charge is 2.47. The van der Waals surface area contributed by atoms with Gasteiger partial charge in [-0.15, -0.1) is 0 Å². The summed E-state index contributed by atoms with van der Waals surface area (Å²) < 4.78 is 15.9. The van der Waals surface area contributed by atoms with Crippen LogP contribution in [-0.2, 0) is 9.59 Å². The van der Waals surface area contributed by atoms with Crippen molar-refractivity contribution in [2.24, 2.45) is 0 Å². The van der Waals surface area contributed by atoms with Crippen molar-refractivity contribution in [1.82, 2.24) is 4.98 Å². The van der Waals surface area contributed by atoms with E-state index in [1.807, 2.05) is 0 Å². The van der Waals surface area contributed by atoms with Crippen LogP contribution >= 0.6 is 0 Å². The van der Waals surface area contributed by atoms with Crippen LogP contribution in [0.15, 0.2) is 72.4 Å². The Morgan fingerprint density at radius 2 is 1.64 bits per heavy atom. The predicted molar refractivity (Wildman–Crippen MR) is 122 cm³/mol. The minimum absolute atomic E-state index is 0.0527. The molecule has 1 fully saturated rings. The summed E-state index contributed by atoms with van der Waals surface area (Å²) >= 11 is 0. The third-order valence-electron chi connectivity index (χ3n) is 5.43. The average molecular weight is 446 g/mol. The number of carbonyl (C=O) groups is 2. The van der Waals surface area contributed by atoms with Crippen LogP contribution in [0.25, 0.3) is 5.76 Å². The van der Waals surface area contributed by atoms with Gasteiger partial charge in [-0.2, -0.15) is 0 Å². The molecule has 0 unspecified atom stereocenters. The minimum Gasteiger partial charge on any atom is -0.507 e. The quantitative estimate of drug-likeness (QED) is 0.350. The SMILES string of the molecule is COc1ccc(C(O)=C2C(=O)C(=O)N(c3ccccn3)[C@@H]2c2ccc(OC)c(OC)c2)cc1. The molecule has 0 aliphatic carbocycles. The zero-order valence-corrected chi connectivity index (χ0v) is 18.3. The van der Waals surface area contributed by atoms with E-state index in [9.17, 15) is 14.7 Å². The van der Waals surface area contributed by atoms with Crippen molar-refractivity contribution in [2.75, 3.05) is 26.2 Å². The molecular formula is C25H22N2O6. The number of aliphatic hydroxyl groups excluding tert-OH is 1. The number of carbonyl (C=O) groups excluding carboxylic acids is 2. The number of aliphatic hydroxyl groups is 1. The van der Waals surface area contributed by atoms with Crippen molar-refractivity contribution < 1.29 is 28.9 Å². The summed E-state index contributed by atoms with van der Waals surface area (Å²) in [6, 6.07) is 15.8. The maximum absolute atomic E-state index is 13.2. The molecule has 4 rings (SSSR count). The lowest BCUT2D eigenvalue weighted by atomic mass is 9.95. The molecule has 0 spiro atoms. The molecule has 1 aliphatic heterocycles. The smallest absolute Gasteiger partial charge is 0.301 e. The van der Waals surface area contributed by atoms with Crippen LogP contribution in [0.3, 0.4) is 0 Å². The topological polar surface area (TPSA) is 98.2 Å². The zero-order chi connectivity index (χ0) is 23.5. The van der Waals surface area contributed by atoms with Crippen LogP contribution in [0.5, 0.6) is 17.2 Å². The summed E-state index contributed by atoms with van der Waals surface area (Å²) in [5.74, 6) is -0.103. The van der Waals surface area contributed by atoms with E-state index < -0.39 is 17.7 Å². The van der Waals surface area contributed by atoms with E-state index in [0.29, 0.717) is 28.4 Å². The van der Waals surface area contributed by atoms with Gasteiger partial charge < -0.3 is 19.3 Å². The number of aromatic nitrogens is 1. The first kappa shape index (κ1) is 21.9. The van der Waals surface area contributed by atoms with Crippen LogP contribution in [-0.4, -0.2) is 43.1 Å². The Bertz CT molecular complexity index is 1220. The van der Waals surface area contributed by atoms with E-state index >= 15 is 0 Å². The van der Waals surface area contributed by atoms with Crippen molar-refractivity contribution >= 4 is 23.3 Å². The Morgan fingerprint density at radius 1 is 0.909 bits per heavy atom. The van der Waals surface area contributed by atoms with E-state index in [2.05, 4.69) is 4.98 Å². The van der Waals surface area contributed by atoms with Crippen LogP contribution < -0.4 is 19.1 Å². The highest BCUT2D eigenvalue weighted by molar-refractivity contribution is 6.51. The molecule has 1 saturated heterocycles. The van der Waals surface area contributed by atoms with E-state index in [1.165, 1.54) is 32.4 Å². The first-order valence-electron chi connectivity index (χ1n) is 10.1. The molecule has 8 heteroatoms. The molecule has 1 aromatic heterocycles. The fourth-order valence-electron chi connectivity index (χ4n) is 3.81. The summed E-state index contributed by atoms with van der Waals surface area (Å²) in [6.45, 7) is 0. The normalized spacial score (nSPS) is 17.2. The molecular weight excluding hydrogens is 424 g/mol. The summed E-state index contributed by atoms with van der Waals surface area (Å²) in [4.78, 5) is 31.8. The van der Waals surface area contributed by atoms with Gasteiger partial charge in [-0.25, -0.2) is 4.98 Å². The van der Waals surface area contributed by atoms with Gasteiger partial charge in [0, 0.05) is 11.8 Å². The van der Waals surface area contributed by atoms with Crippen LogP contribution in [0.2, 0.25) is 0 Å². The third kappa shape index (κ3) is 3.87. The number of pyridine rings is 1. The number of amides is 1. The summed E-state index contributed by atoms with van der Waals surface area (Å²) in [5, 5.41) is 11.2. The minimum atomic E-state index is -0.929. The van der Waals surface area contributed by atoms with E-state index in [1.54, 1.807) is 60.7 Å². The summed E-state index contributed by atoms with van der Waals surface area (Å²) in [7, 11) is 4.54. The van der Waals surface area contributed by atoms with Gasteiger partial charge in [0.25, 0.3) is 5.78 Å². The summed E-state index contributed by atoms with van der Waals surface area (Å²) in [6.07, 6.45) is 1.53. The highest BCUT2D eigenvalue weighted by atomic mass is 16.5. The fourth-order valence-corrected chi connectivity index (χ4v) is 3.81. The molecule has 3 aromatic rings. The van der Waals surface area contributed by atoms with Crippen molar-refractivity contribution in [2.45, 2.75) is 6.04 Å². The van der Waals surface area contributed by atoms with Gasteiger partial charge in [-0.1, -0.05) is 12.1 Å². The number of benzene rings is 2. The van der Waals surface area contributed by atoms with Crippen LogP contribution in [0, 0.1) is 0 Å². The van der Waals surface area contributed by atoms with Crippen LogP contribution in [0.1, 0.15) is 17.2 Å². The lowest BCUT2D eigenvalue weighted by Crippen LogP contribution is -2.30. The number of rotatable bonds is 6. The molecule has 1 atom stereocenters. The van der Waals surface area contributed by atoms with Gasteiger partial charge in [0.1, 0.15) is 17.3 Å². The predicted octanol–water partition coefficient (Wildman–Crippen LogP) is 3.73. The second-order valence-electron chi connectivity index (χ2n) is 7.20. The standard InChI is InChI=1S/C25H22N2O6/c1-31-17-10-7-15(8-11-17)23(28)21-22(16-9-12-18(32-2)19(14-16)33-3)27(25(30)24(21)29)20-6-4-5-13-26-20/h4-14,22,28H,1-3H3/t22-/m1/s1. The number of nitrogens with zero attached hydrogens (tertiary/aromatic N) is 2. The molecule has 8 nitrogen and oxygen atoms in total. The molecule has 0 radical (unpaired) electrons. The average Bonchev–Trinajstić information content (AvgIpc) is 3.13. The monoisotopic (exact) mass is 446 g/mol. The van der Waals surface area contributed by atoms with Gasteiger partial charge in [0.2, 0.25) is 0 Å². The van der Waals surface area contributed by atoms with Gasteiger partial charge in [0.15, 0.2) is 11.5 Å². The first-order valence-corrected chi connectivity index (χ1v) is 10.1. The van der Waals surface area contributed by atoms with Gasteiger partial charge in [-0.3, -0.25) is 14.5 Å². The fraction of sp³-hybridized carbons (Fsp3) is 0.160. The zero-order valence-electron chi connectivity index (χ0n) is 18.3. The Labute approximate surface area is 190 Å². The number of ketones is 1. The number of methoxy groups -OCH3 is 3. The maximum atomic E-state index is 13.2. The molecule has 1 aliphatic rings. The second kappa shape index (κ2) is 9.04. The van der Waals surface area contributed by atoms with E-state index in [4.69, 9.17) is 14.2 Å². The summed E-state index contributed by atoms with van der Waals surface area (Å²) in [5.41, 5.74) is 0.871. The van der Waals surface area contributed by atoms with Gasteiger partial charge in [-0.05, 0) is 54.1 Å². The highest BCUT2D eigenvalue weighted by Crippen LogP contribution is 2.43. The Morgan fingerprint density at radius 3 is 2.24 bits per heavy atom. The van der Waals surface area contributed by atoms with E-state index in [-0.39, 0.29) is 17.2 Å². The van der Waals surface area contributed by atoms with Crippen molar-refractivity contribution in [1.29, 1.82) is 0 Å². The molecule has 1 N–H and O–H groups in total.